The van der Waals surface area contributed by atoms with Gasteiger partial charge in [0.2, 0.25) is 0 Å². The number of hydrogen-bond donors (Lipinski definition) is 1. The highest BCUT2D eigenvalue weighted by atomic mass is 35.5. The van der Waals surface area contributed by atoms with Gasteiger partial charge in [-0.25, -0.2) is 4.79 Å². The fraction of sp³-hybridized carbons (Fsp3) is 0.900. The molecule has 0 aromatic carbocycles. The van der Waals surface area contributed by atoms with Crippen molar-refractivity contribution in [3.05, 3.63) is 0 Å². The van der Waals surface area contributed by atoms with E-state index >= 15 is 0 Å². The first-order chi connectivity index (χ1) is 6.46. The van der Waals surface area contributed by atoms with Gasteiger partial charge < -0.3 is 15.0 Å². The molecule has 88 valence electrons. The van der Waals surface area contributed by atoms with Crippen LogP contribution in [0.4, 0.5) is 4.79 Å². The van der Waals surface area contributed by atoms with Crippen LogP contribution in [0.25, 0.3) is 0 Å². The second-order valence-corrected chi connectivity index (χ2v) is 5.13. The number of piperazine rings is 1. The molecule has 0 aliphatic carbocycles. The van der Waals surface area contributed by atoms with Crippen LogP contribution in [0, 0.1) is 0 Å². The number of fused-ring (bicyclic) bond motifs is 2. The summed E-state index contributed by atoms with van der Waals surface area (Å²) in [5.41, 5.74) is -0.383. The Kier molecular flexibility index (Phi) is 3.51. The number of hydrogen-bond acceptors (Lipinski definition) is 3. The van der Waals surface area contributed by atoms with Crippen molar-refractivity contribution in [1.82, 2.24) is 10.2 Å². The summed E-state index contributed by atoms with van der Waals surface area (Å²) in [6.45, 7) is 7.43. The van der Waals surface area contributed by atoms with Gasteiger partial charge in [-0.1, -0.05) is 0 Å². The van der Waals surface area contributed by atoms with Crippen LogP contribution in [0.15, 0.2) is 0 Å². The van der Waals surface area contributed by atoms with Crippen LogP contribution >= 0.6 is 12.4 Å². The zero-order valence-electron chi connectivity index (χ0n) is 9.45. The van der Waals surface area contributed by atoms with Crippen molar-refractivity contribution in [3.63, 3.8) is 0 Å². The molecule has 4 nitrogen and oxygen atoms in total. The fourth-order valence-electron chi connectivity index (χ4n) is 2.10. The number of amides is 1. The molecule has 0 aromatic heterocycles. The number of likely N-dealkylation sites (tertiary alicyclic amines) is 1. The van der Waals surface area contributed by atoms with E-state index in [1.165, 1.54) is 0 Å². The maximum absolute atomic E-state index is 11.7. The lowest BCUT2D eigenvalue weighted by Gasteiger charge is -2.30. The number of carbonyl (C=O) groups is 1. The van der Waals surface area contributed by atoms with Gasteiger partial charge in [-0.3, -0.25) is 0 Å². The van der Waals surface area contributed by atoms with Crippen molar-refractivity contribution < 1.29 is 9.53 Å². The first-order valence-electron chi connectivity index (χ1n) is 5.19. The van der Waals surface area contributed by atoms with Gasteiger partial charge in [0.1, 0.15) is 5.60 Å². The number of ether oxygens (including phenoxy) is 1. The molecule has 2 bridgehead atoms. The quantitative estimate of drug-likeness (QED) is 0.689. The van der Waals surface area contributed by atoms with Gasteiger partial charge >= 0.3 is 6.09 Å². The Balaban J connectivity index is 0.00000112. The summed E-state index contributed by atoms with van der Waals surface area (Å²) in [5.74, 6) is 0. The molecule has 1 amide bonds. The molecule has 0 aromatic rings. The average Bonchev–Trinajstić information content (AvgIpc) is 2.59. The number of nitrogens with zero attached hydrogens (tertiary/aromatic N) is 1. The van der Waals surface area contributed by atoms with Crippen LogP contribution in [-0.2, 0) is 4.74 Å². The van der Waals surface area contributed by atoms with Gasteiger partial charge in [-0.2, -0.15) is 0 Å². The molecular formula is C10H19ClN2O2. The molecule has 5 heteroatoms. The summed E-state index contributed by atoms with van der Waals surface area (Å²) in [5, 5.41) is 3.35. The van der Waals surface area contributed by atoms with E-state index < -0.39 is 0 Å². The third-order valence-electron chi connectivity index (χ3n) is 2.68. The zero-order valence-corrected chi connectivity index (χ0v) is 10.3. The normalized spacial score (nSPS) is 28.9. The Morgan fingerprint density at radius 1 is 1.47 bits per heavy atom. The predicted octanol–water partition coefficient (Wildman–Crippen LogP) is 1.39. The Hall–Kier alpha value is -0.480. The van der Waals surface area contributed by atoms with E-state index in [2.05, 4.69) is 5.32 Å². The lowest BCUT2D eigenvalue weighted by atomic mass is 10.2. The van der Waals surface area contributed by atoms with Crippen LogP contribution in [0.3, 0.4) is 0 Å². The number of halogens is 1. The summed E-state index contributed by atoms with van der Waals surface area (Å²) in [6, 6.07) is 0.849. The lowest BCUT2D eigenvalue weighted by Crippen LogP contribution is -2.48. The Labute approximate surface area is 96.7 Å². The molecule has 2 saturated heterocycles. The lowest BCUT2D eigenvalue weighted by molar-refractivity contribution is 0.0204. The zero-order chi connectivity index (χ0) is 10.3. The van der Waals surface area contributed by atoms with E-state index in [4.69, 9.17) is 4.74 Å². The third-order valence-corrected chi connectivity index (χ3v) is 2.68. The van der Waals surface area contributed by atoms with Gasteiger partial charge in [0.15, 0.2) is 0 Å². The van der Waals surface area contributed by atoms with Crippen molar-refractivity contribution in [2.75, 3.05) is 13.1 Å². The fourth-order valence-corrected chi connectivity index (χ4v) is 2.10. The highest BCUT2D eigenvalue weighted by molar-refractivity contribution is 5.85. The Morgan fingerprint density at radius 2 is 2.13 bits per heavy atom. The van der Waals surface area contributed by atoms with Crippen LogP contribution < -0.4 is 5.32 Å². The summed E-state index contributed by atoms with van der Waals surface area (Å²) >= 11 is 0. The molecule has 2 fully saturated rings. The first kappa shape index (κ1) is 12.6. The van der Waals surface area contributed by atoms with Crippen molar-refractivity contribution in [3.8, 4) is 0 Å². The van der Waals surface area contributed by atoms with Crippen molar-refractivity contribution in [2.45, 2.75) is 44.9 Å². The Bertz CT molecular complexity index is 252. The molecule has 15 heavy (non-hydrogen) atoms. The summed E-state index contributed by atoms with van der Waals surface area (Å²) in [4.78, 5) is 13.6. The van der Waals surface area contributed by atoms with Crippen LogP contribution in [0.1, 0.15) is 27.2 Å². The van der Waals surface area contributed by atoms with Gasteiger partial charge in [-0.05, 0) is 27.2 Å². The van der Waals surface area contributed by atoms with E-state index in [-0.39, 0.29) is 24.1 Å². The molecule has 0 saturated carbocycles. The molecule has 0 spiro atoms. The maximum atomic E-state index is 11.7. The summed E-state index contributed by atoms with van der Waals surface area (Å²) in [6.07, 6.45) is 0.922. The van der Waals surface area contributed by atoms with E-state index in [9.17, 15) is 4.79 Å². The SMILES string of the molecule is CC(C)(C)OC(=O)N1C[C@H]2C[C@@H]1CN2.Cl. The van der Waals surface area contributed by atoms with Crippen LogP contribution in [-0.4, -0.2) is 41.8 Å². The predicted molar refractivity (Wildman–Crippen MR) is 60.4 cm³/mol. The van der Waals surface area contributed by atoms with E-state index in [1.54, 1.807) is 0 Å². The summed E-state index contributed by atoms with van der Waals surface area (Å²) in [7, 11) is 0. The summed E-state index contributed by atoms with van der Waals surface area (Å²) < 4.78 is 5.33. The smallest absolute Gasteiger partial charge is 0.410 e. The Morgan fingerprint density at radius 3 is 2.53 bits per heavy atom. The van der Waals surface area contributed by atoms with Gasteiger partial charge in [-0.15, -0.1) is 12.4 Å². The average molecular weight is 235 g/mol. The largest absolute Gasteiger partial charge is 0.444 e. The maximum Gasteiger partial charge on any atom is 0.410 e. The van der Waals surface area contributed by atoms with Crippen molar-refractivity contribution in [2.24, 2.45) is 0 Å². The highest BCUT2D eigenvalue weighted by Crippen LogP contribution is 2.25. The highest BCUT2D eigenvalue weighted by Gasteiger charge is 2.41. The third kappa shape index (κ3) is 2.75. The molecule has 2 aliphatic rings. The molecular weight excluding hydrogens is 216 g/mol. The number of rotatable bonds is 0. The second-order valence-electron chi connectivity index (χ2n) is 5.13. The van der Waals surface area contributed by atoms with Crippen molar-refractivity contribution >= 4 is 18.5 Å². The number of nitrogens with one attached hydrogen (secondary N) is 1. The first-order valence-corrected chi connectivity index (χ1v) is 5.19. The molecule has 0 unspecified atom stereocenters. The molecule has 1 N–H and O–H groups in total. The van der Waals surface area contributed by atoms with E-state index in [0.29, 0.717) is 12.1 Å². The topological polar surface area (TPSA) is 41.6 Å². The molecule has 0 radical (unpaired) electrons. The van der Waals surface area contributed by atoms with Gasteiger partial charge in [0.25, 0.3) is 0 Å². The van der Waals surface area contributed by atoms with Crippen molar-refractivity contribution in [1.29, 1.82) is 0 Å². The van der Waals surface area contributed by atoms with Crippen LogP contribution in [0.2, 0.25) is 0 Å². The molecule has 2 heterocycles. The monoisotopic (exact) mass is 234 g/mol. The molecule has 2 atom stereocenters. The molecule has 2 rings (SSSR count). The minimum Gasteiger partial charge on any atom is -0.444 e. The minimum absolute atomic E-state index is 0. The van der Waals surface area contributed by atoms with Gasteiger partial charge in [0.05, 0.1) is 0 Å². The standard InChI is InChI=1S/C10H18N2O2.ClH/c1-10(2,3)14-9(13)12-6-7-4-8(12)5-11-7;/h7-8,11H,4-6H2,1-3H3;1H/t7-,8-;/m1./s1. The van der Waals surface area contributed by atoms with E-state index in [0.717, 1.165) is 19.5 Å². The number of carbonyl (C=O) groups excluding carboxylic acids is 1. The van der Waals surface area contributed by atoms with Gasteiger partial charge in [0, 0.05) is 25.2 Å². The van der Waals surface area contributed by atoms with Crippen LogP contribution in [0.5, 0.6) is 0 Å². The minimum atomic E-state index is -0.383. The molecule has 2 aliphatic heterocycles. The van der Waals surface area contributed by atoms with E-state index in [1.807, 2.05) is 25.7 Å². The second kappa shape index (κ2) is 4.18.